The Bertz CT molecular complexity index is 1110. The molecular formula is C19H20N2O6S. The number of rotatable bonds is 5. The molecule has 2 heterocycles. The van der Waals surface area contributed by atoms with Gasteiger partial charge in [0.05, 0.1) is 17.0 Å². The molecule has 1 aliphatic rings. The number of nitrogens with zero attached hydrogens (tertiary/aromatic N) is 2. The Kier molecular flexibility index (Phi) is 4.88. The van der Waals surface area contributed by atoms with Gasteiger partial charge in [0.15, 0.2) is 0 Å². The first kappa shape index (κ1) is 19.8. The van der Waals surface area contributed by atoms with E-state index in [0.29, 0.717) is 5.52 Å². The van der Waals surface area contributed by atoms with Gasteiger partial charge in [0.25, 0.3) is 11.7 Å². The van der Waals surface area contributed by atoms with Gasteiger partial charge in [0, 0.05) is 19.4 Å². The molecule has 0 bridgehead atoms. The van der Waals surface area contributed by atoms with Gasteiger partial charge in [0.1, 0.15) is 0 Å². The molecule has 0 saturated carbocycles. The monoisotopic (exact) mass is 404 g/mol. The summed E-state index contributed by atoms with van der Waals surface area (Å²) < 4.78 is 36.2. The molecule has 1 aliphatic heterocycles. The summed E-state index contributed by atoms with van der Waals surface area (Å²) in [6.45, 7) is 4.05. The summed E-state index contributed by atoms with van der Waals surface area (Å²) >= 11 is 0. The van der Waals surface area contributed by atoms with Gasteiger partial charge in [-0.05, 0) is 26.0 Å². The fourth-order valence-corrected chi connectivity index (χ4v) is 3.62. The molecule has 0 fully saturated rings. The van der Waals surface area contributed by atoms with E-state index >= 15 is 0 Å². The largest absolute Gasteiger partial charge is 0.454 e. The van der Waals surface area contributed by atoms with Crippen molar-refractivity contribution in [3.8, 4) is 0 Å². The molecule has 0 radical (unpaired) electrons. The van der Waals surface area contributed by atoms with Crippen LogP contribution in [0.25, 0.3) is 10.9 Å². The van der Waals surface area contributed by atoms with Crippen molar-refractivity contribution in [1.29, 1.82) is 0 Å². The fourth-order valence-electron chi connectivity index (χ4n) is 2.86. The van der Waals surface area contributed by atoms with Crippen molar-refractivity contribution in [3.63, 3.8) is 0 Å². The molecule has 28 heavy (non-hydrogen) atoms. The van der Waals surface area contributed by atoms with Crippen LogP contribution in [0.1, 0.15) is 26.5 Å². The second kappa shape index (κ2) is 6.90. The summed E-state index contributed by atoms with van der Waals surface area (Å²) in [4.78, 5) is 29.1. The Morgan fingerprint density at radius 2 is 1.93 bits per heavy atom. The highest BCUT2D eigenvalue weighted by Gasteiger charge is 2.52. The molecule has 148 valence electrons. The van der Waals surface area contributed by atoms with Crippen molar-refractivity contribution in [1.82, 2.24) is 9.29 Å². The number of pyridine rings is 1. The van der Waals surface area contributed by atoms with Gasteiger partial charge in [-0.1, -0.05) is 24.3 Å². The summed E-state index contributed by atoms with van der Waals surface area (Å²) in [5.74, 6) is -2.45. The van der Waals surface area contributed by atoms with Crippen molar-refractivity contribution >= 4 is 32.7 Å². The average Bonchev–Trinajstić information content (AvgIpc) is 2.92. The lowest BCUT2D eigenvalue weighted by molar-refractivity contribution is -0.142. The van der Waals surface area contributed by atoms with E-state index in [1.165, 1.54) is 20.9 Å². The van der Waals surface area contributed by atoms with Crippen LogP contribution >= 0.6 is 0 Å². The van der Waals surface area contributed by atoms with Gasteiger partial charge in [-0.15, -0.1) is 0 Å². The lowest BCUT2D eigenvalue weighted by Crippen LogP contribution is -2.34. The zero-order valence-electron chi connectivity index (χ0n) is 15.9. The Morgan fingerprint density at radius 3 is 2.57 bits per heavy atom. The summed E-state index contributed by atoms with van der Waals surface area (Å²) in [5.41, 5.74) is -0.713. The van der Waals surface area contributed by atoms with Gasteiger partial charge >= 0.3 is 5.97 Å². The van der Waals surface area contributed by atoms with Crippen LogP contribution in [0, 0.1) is 0 Å². The third-order valence-electron chi connectivity index (χ3n) is 4.54. The van der Waals surface area contributed by atoms with Crippen molar-refractivity contribution in [2.75, 3.05) is 12.8 Å². The second-order valence-corrected chi connectivity index (χ2v) is 8.74. The Morgan fingerprint density at radius 1 is 1.25 bits per heavy atom. The first-order valence-electron chi connectivity index (χ1n) is 8.59. The first-order valence-corrected chi connectivity index (χ1v) is 10.2. The average molecular weight is 404 g/mol. The molecule has 1 aromatic carbocycles. The number of aromatic nitrogens is 1. The van der Waals surface area contributed by atoms with Crippen LogP contribution in [0.15, 0.2) is 48.0 Å². The molecule has 0 aliphatic carbocycles. The smallest absolute Gasteiger partial charge is 0.308 e. The third-order valence-corrected chi connectivity index (χ3v) is 6.27. The maximum atomic E-state index is 13.1. The van der Waals surface area contributed by atoms with E-state index in [4.69, 9.17) is 9.47 Å². The Labute approximate surface area is 162 Å². The third kappa shape index (κ3) is 3.22. The molecule has 8 nitrogen and oxygen atoms in total. The predicted molar refractivity (Wildman–Crippen MR) is 101 cm³/mol. The lowest BCUT2D eigenvalue weighted by atomic mass is 9.95. The highest BCUT2D eigenvalue weighted by Crippen LogP contribution is 2.40. The molecular weight excluding hydrogens is 384 g/mol. The van der Waals surface area contributed by atoms with Crippen LogP contribution in [0.4, 0.5) is 0 Å². The Hall–Kier alpha value is -2.94. The van der Waals surface area contributed by atoms with Crippen LogP contribution < -0.4 is 0 Å². The van der Waals surface area contributed by atoms with Crippen LogP contribution in [0.5, 0.6) is 0 Å². The van der Waals surface area contributed by atoms with E-state index in [2.05, 4.69) is 4.98 Å². The number of hydrogen-bond acceptors (Lipinski definition) is 7. The molecule has 0 saturated heterocycles. The number of hydrogen-bond donors (Lipinski definition) is 0. The van der Waals surface area contributed by atoms with E-state index in [9.17, 15) is 18.0 Å². The van der Waals surface area contributed by atoms with Crippen molar-refractivity contribution in [2.45, 2.75) is 26.4 Å². The number of ether oxygens (including phenoxy) is 2. The quantitative estimate of drug-likeness (QED) is 0.703. The minimum atomic E-state index is -3.75. The van der Waals surface area contributed by atoms with E-state index in [-0.39, 0.29) is 17.3 Å². The zero-order chi connectivity index (χ0) is 20.7. The van der Waals surface area contributed by atoms with Gasteiger partial charge in [-0.25, -0.2) is 17.7 Å². The normalized spacial score (nSPS) is 19.6. The first-order chi connectivity index (χ1) is 13.1. The number of sulfonamides is 1. The zero-order valence-corrected chi connectivity index (χ0v) is 16.7. The minimum absolute atomic E-state index is 0.219. The van der Waals surface area contributed by atoms with Crippen molar-refractivity contribution < 1.29 is 27.5 Å². The number of Topliss-reactive ketones (excluding diaryl/α,β-unsaturated/α-hetero) is 1. The van der Waals surface area contributed by atoms with E-state index < -0.39 is 33.1 Å². The van der Waals surface area contributed by atoms with Gasteiger partial charge in [0.2, 0.25) is 21.4 Å². The summed E-state index contributed by atoms with van der Waals surface area (Å²) in [7, 11) is -2.51. The molecule has 0 spiro atoms. The van der Waals surface area contributed by atoms with Gasteiger partial charge in [-0.3, -0.25) is 9.59 Å². The molecule has 0 N–H and O–H groups in total. The molecule has 3 rings (SSSR count). The van der Waals surface area contributed by atoms with Crippen LogP contribution in [0.2, 0.25) is 0 Å². The topological polar surface area (TPSA) is 103 Å². The molecule has 1 aromatic heterocycles. The number of carbonyl (C=O) groups is 2. The van der Waals surface area contributed by atoms with E-state index in [1.807, 2.05) is 18.2 Å². The number of benzene rings is 1. The maximum absolute atomic E-state index is 13.1. The molecule has 9 heteroatoms. The molecule has 1 atom stereocenters. The number of carbonyl (C=O) groups excluding carboxylic acids is 2. The number of para-hydroxylation sites is 1. The van der Waals surface area contributed by atoms with E-state index in [0.717, 1.165) is 16.6 Å². The summed E-state index contributed by atoms with van der Waals surface area (Å²) in [6, 6.07) is 10.8. The maximum Gasteiger partial charge on any atom is 0.308 e. The molecule has 2 aromatic rings. The number of fused-ring (bicyclic) bond motifs is 1. The van der Waals surface area contributed by atoms with Crippen molar-refractivity contribution in [3.05, 3.63) is 53.7 Å². The van der Waals surface area contributed by atoms with Crippen LogP contribution in [-0.2, 0) is 34.7 Å². The van der Waals surface area contributed by atoms with Crippen LogP contribution in [0.3, 0.4) is 0 Å². The van der Waals surface area contributed by atoms with Gasteiger partial charge < -0.3 is 9.47 Å². The second-order valence-electron chi connectivity index (χ2n) is 6.45. The standard InChI is InChI=1S/C19H20N2O6S/c1-5-28(24,25)21(4)18-16(26-12(2)22)17(23)19(3,27-18)15-11-10-13-8-6-7-9-14(13)20-15/h6-11H,5H2,1-4H3. The highest BCUT2D eigenvalue weighted by atomic mass is 32.2. The molecule has 0 amide bonds. The minimum Gasteiger partial charge on any atom is -0.454 e. The van der Waals surface area contributed by atoms with E-state index in [1.54, 1.807) is 18.2 Å². The molecule has 1 unspecified atom stereocenters. The number of ketones is 1. The number of esters is 1. The van der Waals surface area contributed by atoms with Crippen molar-refractivity contribution in [2.24, 2.45) is 0 Å². The fraction of sp³-hybridized carbons (Fsp3) is 0.316. The SMILES string of the molecule is CCS(=O)(=O)N(C)C1=C(OC(C)=O)C(=O)C(C)(c2ccc3ccccc3n2)O1. The summed E-state index contributed by atoms with van der Waals surface area (Å²) in [6.07, 6.45) is 0. The van der Waals surface area contributed by atoms with Gasteiger partial charge in [-0.2, -0.15) is 0 Å². The summed E-state index contributed by atoms with van der Waals surface area (Å²) in [5, 5.41) is 0.874. The predicted octanol–water partition coefficient (Wildman–Crippen LogP) is 2.06. The Balaban J connectivity index is 2.11. The lowest BCUT2D eigenvalue weighted by Gasteiger charge is -2.25. The van der Waals surface area contributed by atoms with Crippen LogP contribution in [-0.4, -0.2) is 42.3 Å². The highest BCUT2D eigenvalue weighted by molar-refractivity contribution is 7.89.